The van der Waals surface area contributed by atoms with Crippen molar-refractivity contribution in [3.05, 3.63) is 531 Å². The Morgan fingerprint density at radius 1 is 0.225 bits per heavy atom. The average molecular weight is 2510 g/mol. The van der Waals surface area contributed by atoms with Gasteiger partial charge in [-0.3, -0.25) is 0 Å². The van der Waals surface area contributed by atoms with E-state index in [9.17, 15) is 8.78 Å². The van der Waals surface area contributed by atoms with Gasteiger partial charge in [-0.15, -0.1) is 287 Å². The van der Waals surface area contributed by atoms with Crippen molar-refractivity contribution in [1.29, 1.82) is 0 Å². The summed E-state index contributed by atoms with van der Waals surface area (Å²) in [5.74, 6) is 0.299. The first-order valence-electron chi connectivity index (χ1n) is 44.7. The van der Waals surface area contributed by atoms with Gasteiger partial charge in [-0.25, -0.2) is 8.78 Å². The zero-order valence-electron chi connectivity index (χ0n) is 77.8. The maximum Gasteiger partial charge on any atom is 0.126 e. The van der Waals surface area contributed by atoms with Gasteiger partial charge in [0.05, 0.1) is 0 Å². The van der Waals surface area contributed by atoms with E-state index in [4.69, 9.17) is 0 Å². The molecule has 0 aliphatic carbocycles. The Morgan fingerprint density at radius 3 is 0.732 bits per heavy atom. The van der Waals surface area contributed by atoms with Gasteiger partial charge >= 0.3 is 0 Å². The van der Waals surface area contributed by atoms with Crippen LogP contribution in [0.25, 0.3) is 135 Å². The van der Waals surface area contributed by atoms with Crippen LogP contribution in [0, 0.1) is 86.9 Å². The topological polar surface area (TPSA) is 103 Å². The van der Waals surface area contributed by atoms with Crippen LogP contribution >= 0.6 is 0 Å². The first-order chi connectivity index (χ1) is 65.7. The first-order valence-corrected chi connectivity index (χ1v) is 44.7. The Bertz CT molecular complexity index is 6450. The SMILES string of the molecule is CC(C)Cc1cc(-c2ccnc(-c3[c-]cccc3)c2)ccc1F.CC(C)c1cc(-c2ccnc(-c3[c-]cccc3)c2)ccc1F.CCc1cc(-c2ccnc(-c3[c-]cccc3)c2)ccc1C.Cc1ccc(-c2ccnc(-c3[c-]cccc3)c2)cc1C.[Ir].[Ir].[Ir].[Ir].[c-]1ccccc1-c1ccccn1.[c-]1ccccc1-c1ccccn1.[c-]1ccccc1-c1ccccn1.[c-]1ccccc1-c1ccccn1. The molecule has 0 amide bonds. The summed E-state index contributed by atoms with van der Waals surface area (Å²) in [6.07, 6.45) is 16.3. The second-order valence-electron chi connectivity index (χ2n) is 31.9. The largest absolute Gasteiger partial charge is 0.305 e. The van der Waals surface area contributed by atoms with E-state index in [-0.39, 0.29) is 98.0 Å². The summed E-state index contributed by atoms with van der Waals surface area (Å²) in [5, 5.41) is 0. The normalized spacial score (nSPS) is 10.1. The van der Waals surface area contributed by atoms with Crippen LogP contribution in [0.4, 0.5) is 8.78 Å². The Labute approximate surface area is 867 Å². The number of nitrogens with zero attached hydrogens (tertiary/aromatic N) is 8. The number of halogens is 2. The zero-order valence-corrected chi connectivity index (χ0v) is 87.4. The standard InChI is InChI=1S/C21H19FN.C20H17FN.C20H18N.C19H16N.4C11H8N.4Ir/c1-15(2)12-19-13-17(8-9-20(19)22)18-10-11-23-21(14-18)16-6-4-3-5-7-16;1-14(2)18-12-16(8-9-19(18)21)17-10-11-22-20(13-17)15-6-4-3-5-7-15;1-3-16-13-18(10-9-15(16)2)19-11-12-21-20(14-19)17-7-5-4-6-8-17;1-14-8-9-17(12-15(14)2)18-10-11-20-19(13-18)16-6-4-3-5-7-16;4*1-2-6-10(7-3-1)11-8-4-5-9-12-11;;;;/h3-6,8-11,13-15H,12H2,1-2H3;3-6,8-14H,1-2H3;4-7,9-14H,3H2,1-2H3;3-6,8-13H,1-2H3;4*1-6,8-9H;;;;/q8*-1;;;;. The predicted octanol–water partition coefficient (Wildman–Crippen LogP) is 31.1. The molecule has 12 aromatic carbocycles. The second-order valence-corrected chi connectivity index (χ2v) is 31.9. The summed E-state index contributed by atoms with van der Waals surface area (Å²) in [6.45, 7) is 16.8. The van der Waals surface area contributed by atoms with Crippen molar-refractivity contribution in [1.82, 2.24) is 39.9 Å². The van der Waals surface area contributed by atoms with Crippen molar-refractivity contribution in [3.63, 3.8) is 0 Å². The molecule has 0 N–H and O–H groups in total. The molecule has 14 heteroatoms. The monoisotopic (exact) mass is 2510 g/mol. The van der Waals surface area contributed by atoms with Gasteiger partial charge in [0.15, 0.2) is 0 Å². The van der Waals surface area contributed by atoms with Crippen molar-refractivity contribution < 1.29 is 89.2 Å². The van der Waals surface area contributed by atoms with Crippen LogP contribution < -0.4 is 0 Å². The van der Waals surface area contributed by atoms with E-state index in [2.05, 4.69) is 191 Å². The number of rotatable bonds is 16. The molecule has 0 spiro atoms. The maximum absolute atomic E-state index is 14.0. The zero-order chi connectivity index (χ0) is 93.3. The molecule has 8 nitrogen and oxygen atoms in total. The predicted molar refractivity (Wildman–Crippen MR) is 546 cm³/mol. The van der Waals surface area contributed by atoms with Gasteiger partial charge in [-0.1, -0.05) is 156 Å². The van der Waals surface area contributed by atoms with Crippen LogP contribution in [-0.4, -0.2) is 39.9 Å². The third kappa shape index (κ3) is 33.3. The molecule has 138 heavy (non-hydrogen) atoms. The fourth-order valence-electron chi connectivity index (χ4n) is 14.2. The van der Waals surface area contributed by atoms with E-state index < -0.39 is 0 Å². The molecule has 0 saturated heterocycles. The number of aryl methyl sites for hydroxylation is 4. The van der Waals surface area contributed by atoms with Gasteiger partial charge in [0.2, 0.25) is 0 Å². The molecule has 8 heterocycles. The van der Waals surface area contributed by atoms with Crippen LogP contribution in [0.5, 0.6) is 0 Å². The van der Waals surface area contributed by atoms with E-state index in [1.165, 1.54) is 44.5 Å². The Balaban J connectivity index is 0.000000178. The van der Waals surface area contributed by atoms with E-state index in [1.54, 1.807) is 49.3 Å². The number of hydrogen-bond acceptors (Lipinski definition) is 8. The molecule has 0 saturated carbocycles. The van der Waals surface area contributed by atoms with Gasteiger partial charge in [-0.2, -0.15) is 0 Å². The van der Waals surface area contributed by atoms with Crippen molar-refractivity contribution in [2.75, 3.05) is 0 Å². The molecular formula is C124H102F2Ir4N8-8. The van der Waals surface area contributed by atoms with Gasteiger partial charge < -0.3 is 39.9 Å². The fourth-order valence-corrected chi connectivity index (χ4v) is 14.2. The molecule has 4 radical (unpaired) electrons. The summed E-state index contributed by atoms with van der Waals surface area (Å²) in [4.78, 5) is 34.6. The summed E-state index contributed by atoms with van der Waals surface area (Å²) in [6, 6.07) is 152. The Hall–Kier alpha value is -13.7. The van der Waals surface area contributed by atoms with Crippen molar-refractivity contribution >= 4 is 0 Å². The molecule has 0 bridgehead atoms. The number of benzene rings is 12. The Morgan fingerprint density at radius 2 is 0.471 bits per heavy atom. The number of hydrogen-bond donors (Lipinski definition) is 0. The molecular weight excluding hydrogens is 2410 g/mol. The van der Waals surface area contributed by atoms with Gasteiger partial charge in [0.25, 0.3) is 0 Å². The summed E-state index contributed by atoms with van der Waals surface area (Å²) >= 11 is 0. The van der Waals surface area contributed by atoms with Crippen LogP contribution in [0.1, 0.15) is 73.9 Å². The molecule has 0 aliphatic heterocycles. The van der Waals surface area contributed by atoms with Crippen LogP contribution in [-0.2, 0) is 93.3 Å². The van der Waals surface area contributed by atoms with Crippen LogP contribution in [0.2, 0.25) is 0 Å². The first kappa shape index (κ1) is 108. The minimum absolute atomic E-state index is 0. The smallest absolute Gasteiger partial charge is 0.126 e. The van der Waals surface area contributed by atoms with E-state index in [0.717, 1.165) is 136 Å². The maximum atomic E-state index is 14.0. The average Bonchev–Trinajstić information content (AvgIpc) is 0.825. The summed E-state index contributed by atoms with van der Waals surface area (Å²) in [5.41, 5.74) is 31.5. The summed E-state index contributed by atoms with van der Waals surface area (Å²) in [7, 11) is 0. The third-order valence-corrected chi connectivity index (χ3v) is 21.4. The van der Waals surface area contributed by atoms with Crippen molar-refractivity contribution in [2.45, 2.75) is 74.1 Å². The van der Waals surface area contributed by atoms with E-state index in [0.29, 0.717) is 5.92 Å². The van der Waals surface area contributed by atoms with Gasteiger partial charge in [0.1, 0.15) is 11.6 Å². The second kappa shape index (κ2) is 58.0. The molecule has 20 rings (SSSR count). The molecule has 0 atom stereocenters. The van der Waals surface area contributed by atoms with Gasteiger partial charge in [-0.05, 0) is 242 Å². The quantitative estimate of drug-likeness (QED) is 0.0882. The van der Waals surface area contributed by atoms with Crippen molar-refractivity contribution in [2.24, 2.45) is 5.92 Å². The Kier molecular flexibility index (Phi) is 45.4. The van der Waals surface area contributed by atoms with Crippen LogP contribution in [0.3, 0.4) is 0 Å². The molecule has 0 fully saturated rings. The van der Waals surface area contributed by atoms with E-state index in [1.807, 2.05) is 342 Å². The molecule has 20 aromatic rings. The van der Waals surface area contributed by atoms with Crippen molar-refractivity contribution in [3.8, 4) is 135 Å². The molecule has 8 aromatic heterocycles. The van der Waals surface area contributed by atoms with Gasteiger partial charge in [0, 0.05) is 130 Å². The fraction of sp³-hybridized carbons (Fsp3) is 0.0968. The third-order valence-electron chi connectivity index (χ3n) is 21.4. The minimum atomic E-state index is -0.149. The minimum Gasteiger partial charge on any atom is -0.305 e. The molecule has 0 unspecified atom stereocenters. The summed E-state index contributed by atoms with van der Waals surface area (Å²) < 4.78 is 27.8. The van der Waals surface area contributed by atoms with E-state index >= 15 is 0 Å². The molecule has 696 valence electrons. The number of aromatic nitrogens is 8. The van der Waals surface area contributed by atoms with Crippen LogP contribution in [0.15, 0.2) is 438 Å². The molecule has 0 aliphatic rings. The number of pyridine rings is 8.